The number of carbonyl (C=O) groups is 2. The molecule has 0 saturated carbocycles. The number of hydrogen-bond donors (Lipinski definition) is 2. The van der Waals surface area contributed by atoms with E-state index < -0.39 is 0 Å². The molecule has 5 heteroatoms. The highest BCUT2D eigenvalue weighted by atomic mass is 16.5. The standard InChI is InChI=1S/C24H24N2O3/c1-18(27)25-23(20-10-6-3-7-11-20)16-24(28)26-21-12-14-22(15-13-21)29-17-19-8-4-2-5-9-19/h2-15,23H,16-17H2,1H3,(H,25,27)(H,26,28)/t23-/m0/s1. The van der Waals surface area contributed by atoms with Crippen molar-refractivity contribution in [1.29, 1.82) is 0 Å². The molecule has 3 aromatic carbocycles. The minimum absolute atomic E-state index is 0.149. The van der Waals surface area contributed by atoms with Gasteiger partial charge in [0.25, 0.3) is 0 Å². The number of amides is 2. The Morgan fingerprint density at radius 2 is 1.48 bits per heavy atom. The maximum absolute atomic E-state index is 12.5. The predicted molar refractivity (Wildman–Crippen MR) is 113 cm³/mol. The van der Waals surface area contributed by atoms with Crippen molar-refractivity contribution in [3.63, 3.8) is 0 Å². The lowest BCUT2D eigenvalue weighted by Gasteiger charge is -2.18. The largest absolute Gasteiger partial charge is 0.489 e. The van der Waals surface area contributed by atoms with E-state index in [1.807, 2.05) is 72.8 Å². The molecule has 148 valence electrons. The summed E-state index contributed by atoms with van der Waals surface area (Å²) < 4.78 is 5.76. The van der Waals surface area contributed by atoms with Crippen LogP contribution in [-0.4, -0.2) is 11.8 Å². The number of nitrogens with one attached hydrogen (secondary N) is 2. The highest BCUT2D eigenvalue weighted by Crippen LogP contribution is 2.20. The predicted octanol–water partition coefficient (Wildman–Crippen LogP) is 4.47. The lowest BCUT2D eigenvalue weighted by Crippen LogP contribution is -2.29. The molecule has 0 aliphatic heterocycles. The molecule has 0 bridgehead atoms. The van der Waals surface area contributed by atoms with Crippen LogP contribution in [0.25, 0.3) is 0 Å². The van der Waals surface area contributed by atoms with Crippen molar-refractivity contribution < 1.29 is 14.3 Å². The number of rotatable bonds is 8. The van der Waals surface area contributed by atoms with E-state index in [-0.39, 0.29) is 24.3 Å². The second kappa shape index (κ2) is 10.1. The monoisotopic (exact) mass is 388 g/mol. The van der Waals surface area contributed by atoms with Gasteiger partial charge in [0.1, 0.15) is 12.4 Å². The molecule has 0 aliphatic rings. The zero-order valence-electron chi connectivity index (χ0n) is 16.3. The van der Waals surface area contributed by atoms with E-state index >= 15 is 0 Å². The number of anilines is 1. The number of benzene rings is 3. The third-order valence-electron chi connectivity index (χ3n) is 4.36. The van der Waals surface area contributed by atoms with E-state index in [4.69, 9.17) is 4.74 Å². The van der Waals surface area contributed by atoms with Gasteiger partial charge in [0, 0.05) is 12.6 Å². The normalized spacial score (nSPS) is 11.3. The van der Waals surface area contributed by atoms with Gasteiger partial charge in [-0.3, -0.25) is 9.59 Å². The van der Waals surface area contributed by atoms with Gasteiger partial charge in [-0.2, -0.15) is 0 Å². The topological polar surface area (TPSA) is 67.4 Å². The molecule has 0 heterocycles. The Morgan fingerprint density at radius 1 is 0.862 bits per heavy atom. The summed E-state index contributed by atoms with van der Waals surface area (Å²) in [5, 5.41) is 5.71. The van der Waals surface area contributed by atoms with Crippen molar-refractivity contribution in [1.82, 2.24) is 5.32 Å². The van der Waals surface area contributed by atoms with Crippen LogP contribution < -0.4 is 15.4 Å². The molecule has 0 aliphatic carbocycles. The molecule has 2 N–H and O–H groups in total. The average Bonchev–Trinajstić information content (AvgIpc) is 2.74. The summed E-state index contributed by atoms with van der Waals surface area (Å²) in [5.41, 5.74) is 2.66. The van der Waals surface area contributed by atoms with E-state index in [1.54, 1.807) is 12.1 Å². The lowest BCUT2D eigenvalue weighted by atomic mass is 10.0. The van der Waals surface area contributed by atoms with Crippen molar-refractivity contribution >= 4 is 17.5 Å². The van der Waals surface area contributed by atoms with Crippen LogP contribution in [0.15, 0.2) is 84.9 Å². The van der Waals surface area contributed by atoms with Crippen molar-refractivity contribution in [3.05, 3.63) is 96.1 Å². The van der Waals surface area contributed by atoms with Gasteiger partial charge in [-0.1, -0.05) is 60.7 Å². The third-order valence-corrected chi connectivity index (χ3v) is 4.36. The lowest BCUT2D eigenvalue weighted by molar-refractivity contribution is -0.120. The first-order valence-corrected chi connectivity index (χ1v) is 9.49. The molecule has 0 spiro atoms. The Labute approximate surface area is 170 Å². The summed E-state index contributed by atoms with van der Waals surface area (Å²) in [4.78, 5) is 24.0. The Kier molecular flexibility index (Phi) is 7.00. The molecule has 0 unspecified atom stereocenters. The van der Waals surface area contributed by atoms with Gasteiger partial charge in [0.05, 0.1) is 12.5 Å². The van der Waals surface area contributed by atoms with Crippen molar-refractivity contribution in [2.24, 2.45) is 0 Å². The molecule has 0 radical (unpaired) electrons. The number of ether oxygens (including phenoxy) is 1. The first kappa shape index (κ1) is 20.1. The van der Waals surface area contributed by atoms with Crippen molar-refractivity contribution in [2.45, 2.75) is 26.0 Å². The first-order chi connectivity index (χ1) is 14.1. The Morgan fingerprint density at radius 3 is 2.10 bits per heavy atom. The van der Waals surface area contributed by atoms with E-state index in [0.29, 0.717) is 12.3 Å². The zero-order valence-corrected chi connectivity index (χ0v) is 16.3. The van der Waals surface area contributed by atoms with E-state index in [9.17, 15) is 9.59 Å². The van der Waals surface area contributed by atoms with Crippen LogP contribution >= 0.6 is 0 Å². The van der Waals surface area contributed by atoms with Crippen LogP contribution in [0.5, 0.6) is 5.75 Å². The second-order valence-corrected chi connectivity index (χ2v) is 6.71. The van der Waals surface area contributed by atoms with Gasteiger partial charge in [-0.05, 0) is 35.4 Å². The minimum Gasteiger partial charge on any atom is -0.489 e. The molecule has 1 atom stereocenters. The Balaban J connectivity index is 1.55. The summed E-state index contributed by atoms with van der Waals surface area (Å²) in [5.74, 6) is 0.379. The maximum atomic E-state index is 12.5. The van der Waals surface area contributed by atoms with Crippen LogP contribution in [-0.2, 0) is 16.2 Å². The molecule has 5 nitrogen and oxygen atoms in total. The average molecular weight is 388 g/mol. The highest BCUT2D eigenvalue weighted by Gasteiger charge is 2.17. The van der Waals surface area contributed by atoms with Gasteiger partial charge < -0.3 is 15.4 Å². The quantitative estimate of drug-likeness (QED) is 0.598. The summed E-state index contributed by atoms with van der Waals surface area (Å²) >= 11 is 0. The molecule has 29 heavy (non-hydrogen) atoms. The van der Waals surface area contributed by atoms with E-state index in [1.165, 1.54) is 6.92 Å². The fourth-order valence-electron chi connectivity index (χ4n) is 2.96. The van der Waals surface area contributed by atoms with Crippen LogP contribution in [0.3, 0.4) is 0 Å². The van der Waals surface area contributed by atoms with Gasteiger partial charge >= 0.3 is 0 Å². The molecular weight excluding hydrogens is 364 g/mol. The van der Waals surface area contributed by atoms with E-state index in [0.717, 1.165) is 16.9 Å². The number of carbonyl (C=O) groups excluding carboxylic acids is 2. The molecule has 2 amide bonds. The smallest absolute Gasteiger partial charge is 0.226 e. The minimum atomic E-state index is -0.373. The summed E-state index contributed by atoms with van der Waals surface area (Å²) in [6.45, 7) is 1.93. The van der Waals surface area contributed by atoms with Crippen LogP contribution in [0.1, 0.15) is 30.5 Å². The van der Waals surface area contributed by atoms with Crippen molar-refractivity contribution in [2.75, 3.05) is 5.32 Å². The fourth-order valence-corrected chi connectivity index (χ4v) is 2.96. The molecular formula is C24H24N2O3. The van der Waals surface area contributed by atoms with Gasteiger partial charge in [-0.25, -0.2) is 0 Å². The Bertz CT molecular complexity index is 925. The summed E-state index contributed by atoms with van der Waals surface area (Å²) in [6, 6.07) is 26.3. The maximum Gasteiger partial charge on any atom is 0.226 e. The van der Waals surface area contributed by atoms with Crippen molar-refractivity contribution in [3.8, 4) is 5.75 Å². The number of hydrogen-bond acceptors (Lipinski definition) is 3. The van der Waals surface area contributed by atoms with E-state index in [2.05, 4.69) is 10.6 Å². The van der Waals surface area contributed by atoms with Gasteiger partial charge in [0.15, 0.2) is 0 Å². The molecule has 0 fully saturated rings. The Hall–Kier alpha value is -3.60. The van der Waals surface area contributed by atoms with Crippen LogP contribution in [0.2, 0.25) is 0 Å². The SMILES string of the molecule is CC(=O)N[C@@H](CC(=O)Nc1ccc(OCc2ccccc2)cc1)c1ccccc1. The third kappa shape index (κ3) is 6.50. The van der Waals surface area contributed by atoms with Gasteiger partial charge in [0.2, 0.25) is 11.8 Å². The molecule has 3 aromatic rings. The second-order valence-electron chi connectivity index (χ2n) is 6.71. The zero-order chi connectivity index (χ0) is 20.5. The van der Waals surface area contributed by atoms with Gasteiger partial charge in [-0.15, -0.1) is 0 Å². The molecule has 0 saturated heterocycles. The summed E-state index contributed by atoms with van der Waals surface area (Å²) in [7, 11) is 0. The fraction of sp³-hybridized carbons (Fsp3) is 0.167. The molecule has 0 aromatic heterocycles. The first-order valence-electron chi connectivity index (χ1n) is 9.49. The van der Waals surface area contributed by atoms with Crippen LogP contribution in [0.4, 0.5) is 5.69 Å². The van der Waals surface area contributed by atoms with Crippen LogP contribution in [0, 0.1) is 0 Å². The highest BCUT2D eigenvalue weighted by molar-refractivity contribution is 5.91. The summed E-state index contributed by atoms with van der Waals surface area (Å²) in [6.07, 6.45) is 0.149. The molecule has 3 rings (SSSR count).